The first kappa shape index (κ1) is 15.1. The van der Waals surface area contributed by atoms with E-state index in [0.717, 1.165) is 6.07 Å². The Balaban J connectivity index is 2.58. The van der Waals surface area contributed by atoms with Gasteiger partial charge in [-0.15, -0.1) is 0 Å². The summed E-state index contributed by atoms with van der Waals surface area (Å²) >= 11 is 3.32. The molecule has 0 aliphatic rings. The van der Waals surface area contributed by atoms with Gasteiger partial charge in [-0.2, -0.15) is 0 Å². The monoisotopic (exact) mass is 343 g/mol. The molecule has 2 aromatic carbocycles. The first-order valence-corrected chi connectivity index (χ1v) is 6.81. The van der Waals surface area contributed by atoms with Crippen LogP contribution in [0.5, 0.6) is 0 Å². The van der Waals surface area contributed by atoms with Crippen molar-refractivity contribution in [2.75, 3.05) is 7.05 Å². The normalized spacial score (nSPS) is 12.5. The minimum atomic E-state index is -0.663. The molecule has 0 fully saturated rings. The molecule has 0 aliphatic carbocycles. The lowest BCUT2D eigenvalue weighted by atomic mass is 9.96. The maximum Gasteiger partial charge on any atom is 0.131 e. The third-order valence-corrected chi connectivity index (χ3v) is 3.87. The molecular formula is C15H13BrF3N. The highest BCUT2D eigenvalue weighted by Crippen LogP contribution is 2.31. The van der Waals surface area contributed by atoms with Crippen molar-refractivity contribution >= 4 is 15.9 Å². The van der Waals surface area contributed by atoms with E-state index < -0.39 is 23.5 Å². The fraction of sp³-hybridized carbons (Fsp3) is 0.200. The van der Waals surface area contributed by atoms with Crippen molar-refractivity contribution in [2.45, 2.75) is 13.0 Å². The lowest BCUT2D eigenvalue weighted by molar-refractivity contribution is 0.545. The molecule has 20 heavy (non-hydrogen) atoms. The highest BCUT2D eigenvalue weighted by atomic mass is 79.9. The van der Waals surface area contributed by atoms with Crippen LogP contribution in [-0.2, 0) is 0 Å². The number of aryl methyl sites for hydroxylation is 1. The zero-order valence-electron chi connectivity index (χ0n) is 11.0. The third-order valence-electron chi connectivity index (χ3n) is 3.15. The molecule has 2 rings (SSSR count). The van der Waals surface area contributed by atoms with E-state index in [-0.39, 0.29) is 5.56 Å². The van der Waals surface area contributed by atoms with Crippen molar-refractivity contribution in [3.8, 4) is 0 Å². The quantitative estimate of drug-likeness (QED) is 0.866. The molecule has 1 unspecified atom stereocenters. The highest BCUT2D eigenvalue weighted by Gasteiger charge is 2.20. The van der Waals surface area contributed by atoms with Gasteiger partial charge in [0.2, 0.25) is 0 Å². The number of hydrogen-bond acceptors (Lipinski definition) is 1. The lowest BCUT2D eigenvalue weighted by Crippen LogP contribution is -2.20. The van der Waals surface area contributed by atoms with Crippen LogP contribution in [0.2, 0.25) is 0 Å². The Morgan fingerprint density at radius 1 is 1.00 bits per heavy atom. The first-order chi connectivity index (χ1) is 9.43. The second-order valence-corrected chi connectivity index (χ2v) is 5.36. The summed E-state index contributed by atoms with van der Waals surface area (Å²) in [5.74, 6) is -1.68. The van der Waals surface area contributed by atoms with Crippen molar-refractivity contribution < 1.29 is 13.2 Å². The van der Waals surface area contributed by atoms with Crippen molar-refractivity contribution in [3.05, 3.63) is 68.9 Å². The van der Waals surface area contributed by atoms with Gasteiger partial charge in [0.1, 0.15) is 17.5 Å². The van der Waals surface area contributed by atoms with E-state index in [0.29, 0.717) is 15.6 Å². The first-order valence-electron chi connectivity index (χ1n) is 6.01. The van der Waals surface area contributed by atoms with Crippen molar-refractivity contribution in [1.82, 2.24) is 5.32 Å². The van der Waals surface area contributed by atoms with Crippen LogP contribution in [0.4, 0.5) is 13.2 Å². The van der Waals surface area contributed by atoms with E-state index >= 15 is 0 Å². The number of rotatable bonds is 3. The molecule has 106 valence electrons. The average Bonchev–Trinajstić information content (AvgIpc) is 2.40. The minimum absolute atomic E-state index is 0.276. The summed E-state index contributed by atoms with van der Waals surface area (Å²) in [6.07, 6.45) is 0. The maximum absolute atomic E-state index is 14.0. The molecule has 0 spiro atoms. The number of halogens is 4. The summed E-state index contributed by atoms with van der Waals surface area (Å²) < 4.78 is 41.4. The summed E-state index contributed by atoms with van der Waals surface area (Å²) in [6.45, 7) is 1.56. The molecule has 0 amide bonds. The van der Waals surface area contributed by atoms with Gasteiger partial charge in [-0.3, -0.25) is 0 Å². The van der Waals surface area contributed by atoms with Gasteiger partial charge in [0, 0.05) is 16.1 Å². The zero-order chi connectivity index (χ0) is 14.9. The third kappa shape index (κ3) is 2.88. The maximum atomic E-state index is 14.0. The second-order valence-electron chi connectivity index (χ2n) is 4.51. The molecular weight excluding hydrogens is 331 g/mol. The number of hydrogen-bond donors (Lipinski definition) is 1. The van der Waals surface area contributed by atoms with Gasteiger partial charge < -0.3 is 5.32 Å². The van der Waals surface area contributed by atoms with E-state index in [2.05, 4.69) is 21.2 Å². The molecule has 0 saturated carbocycles. The Morgan fingerprint density at radius 2 is 1.70 bits per heavy atom. The fourth-order valence-electron chi connectivity index (χ4n) is 2.12. The van der Waals surface area contributed by atoms with Gasteiger partial charge in [-0.25, -0.2) is 13.2 Å². The lowest BCUT2D eigenvalue weighted by Gasteiger charge is -2.20. The van der Waals surface area contributed by atoms with Crippen LogP contribution < -0.4 is 5.32 Å². The van der Waals surface area contributed by atoms with Gasteiger partial charge in [0.25, 0.3) is 0 Å². The minimum Gasteiger partial charge on any atom is -0.309 e. The Kier molecular flexibility index (Phi) is 4.50. The smallest absolute Gasteiger partial charge is 0.131 e. The van der Waals surface area contributed by atoms with Crippen molar-refractivity contribution in [1.29, 1.82) is 0 Å². The summed E-state index contributed by atoms with van der Waals surface area (Å²) in [4.78, 5) is 0. The topological polar surface area (TPSA) is 12.0 Å². The van der Waals surface area contributed by atoms with Crippen LogP contribution >= 0.6 is 15.9 Å². The Bertz CT molecular complexity index is 643. The van der Waals surface area contributed by atoms with E-state index in [9.17, 15) is 13.2 Å². The largest absolute Gasteiger partial charge is 0.309 e. The summed E-state index contributed by atoms with van der Waals surface area (Å²) in [6, 6.07) is 5.91. The summed E-state index contributed by atoms with van der Waals surface area (Å²) in [7, 11) is 1.64. The molecule has 2 aromatic rings. The van der Waals surface area contributed by atoms with E-state index in [4.69, 9.17) is 0 Å². The highest BCUT2D eigenvalue weighted by molar-refractivity contribution is 9.10. The van der Waals surface area contributed by atoms with Gasteiger partial charge >= 0.3 is 0 Å². The van der Waals surface area contributed by atoms with Crippen LogP contribution in [0.15, 0.2) is 34.8 Å². The molecule has 0 aromatic heterocycles. The molecule has 1 nitrogen and oxygen atoms in total. The van der Waals surface area contributed by atoms with Gasteiger partial charge in [0.05, 0.1) is 6.04 Å². The fourth-order valence-corrected chi connectivity index (χ4v) is 2.59. The van der Waals surface area contributed by atoms with Crippen LogP contribution in [0.1, 0.15) is 22.7 Å². The molecule has 1 atom stereocenters. The Labute approximate surface area is 123 Å². The van der Waals surface area contributed by atoms with Crippen molar-refractivity contribution in [2.24, 2.45) is 0 Å². The Hall–Kier alpha value is -1.33. The standard InChI is InChI=1S/C15H13BrF3N/c1-8-5-11(14(19)7-13(8)18)15(20-2)10-6-9(17)3-4-12(10)16/h3-7,15,20H,1-2H3. The average molecular weight is 344 g/mol. The summed E-state index contributed by atoms with van der Waals surface area (Å²) in [5.41, 5.74) is 1.17. The van der Waals surface area contributed by atoms with E-state index in [1.54, 1.807) is 20.0 Å². The van der Waals surface area contributed by atoms with Gasteiger partial charge in [-0.1, -0.05) is 15.9 Å². The van der Waals surface area contributed by atoms with E-state index in [1.807, 2.05) is 0 Å². The Morgan fingerprint density at radius 3 is 2.35 bits per heavy atom. The second kappa shape index (κ2) is 5.97. The van der Waals surface area contributed by atoms with Gasteiger partial charge in [0.15, 0.2) is 0 Å². The van der Waals surface area contributed by atoms with Crippen LogP contribution in [0.25, 0.3) is 0 Å². The predicted octanol–water partition coefficient (Wildman–Crippen LogP) is 4.48. The van der Waals surface area contributed by atoms with Gasteiger partial charge in [-0.05, 0) is 49.4 Å². The molecule has 0 radical (unpaired) electrons. The van der Waals surface area contributed by atoms with Crippen molar-refractivity contribution in [3.63, 3.8) is 0 Å². The predicted molar refractivity (Wildman–Crippen MR) is 76.1 cm³/mol. The number of benzene rings is 2. The molecule has 0 heterocycles. The molecule has 0 aliphatic heterocycles. The van der Waals surface area contributed by atoms with E-state index in [1.165, 1.54) is 18.2 Å². The van der Waals surface area contributed by atoms with Crippen LogP contribution in [-0.4, -0.2) is 7.05 Å². The molecule has 1 N–H and O–H groups in total. The molecule has 0 bridgehead atoms. The zero-order valence-corrected chi connectivity index (χ0v) is 12.6. The molecule has 0 saturated heterocycles. The van der Waals surface area contributed by atoms with Crippen LogP contribution in [0.3, 0.4) is 0 Å². The van der Waals surface area contributed by atoms with Crippen LogP contribution in [0, 0.1) is 24.4 Å². The number of nitrogens with one attached hydrogen (secondary N) is 1. The summed E-state index contributed by atoms with van der Waals surface area (Å²) in [5, 5.41) is 2.93. The molecule has 5 heteroatoms. The SMILES string of the molecule is CNC(c1cc(C)c(F)cc1F)c1cc(F)ccc1Br.